The molecule has 0 radical (unpaired) electrons. The number of hydrogen-bond donors (Lipinski definition) is 0. The summed E-state index contributed by atoms with van der Waals surface area (Å²) in [5.74, 6) is 1.33. The highest BCUT2D eigenvalue weighted by atomic mass is 16.3. The van der Waals surface area contributed by atoms with Crippen LogP contribution in [0.5, 0.6) is 0 Å². The van der Waals surface area contributed by atoms with E-state index < -0.39 is 0 Å². The highest BCUT2D eigenvalue weighted by molar-refractivity contribution is 5.98. The molecule has 0 saturated carbocycles. The van der Waals surface area contributed by atoms with E-state index in [1.165, 1.54) is 0 Å². The van der Waals surface area contributed by atoms with Crippen molar-refractivity contribution in [3.05, 3.63) is 108 Å². The van der Waals surface area contributed by atoms with Gasteiger partial charge in [0.25, 0.3) is 11.8 Å². The molecule has 0 aliphatic carbocycles. The van der Waals surface area contributed by atoms with Crippen LogP contribution < -0.4 is 0 Å². The van der Waals surface area contributed by atoms with Gasteiger partial charge in [-0.3, -0.25) is 19.3 Å². The summed E-state index contributed by atoms with van der Waals surface area (Å²) in [6.45, 7) is 30.3. The van der Waals surface area contributed by atoms with Gasteiger partial charge in [0.2, 0.25) is 0 Å². The van der Waals surface area contributed by atoms with Gasteiger partial charge in [0, 0.05) is 48.2 Å². The van der Waals surface area contributed by atoms with Crippen molar-refractivity contribution in [1.82, 2.24) is 24.6 Å². The Morgan fingerprint density at radius 2 is 1.25 bits per heavy atom. The summed E-state index contributed by atoms with van der Waals surface area (Å²) in [6, 6.07) is 17.9. The first-order valence-corrected chi connectivity index (χ1v) is 17.3. The van der Waals surface area contributed by atoms with Crippen molar-refractivity contribution in [2.45, 2.75) is 133 Å². The molecule has 8 nitrogen and oxygen atoms in total. The Morgan fingerprint density at radius 3 is 1.67 bits per heavy atom. The Labute approximate surface area is 290 Å². The van der Waals surface area contributed by atoms with Crippen LogP contribution in [0.2, 0.25) is 0 Å². The van der Waals surface area contributed by atoms with Gasteiger partial charge in [0.1, 0.15) is 5.76 Å². The monoisotopic (exact) mass is 659 g/mol. The zero-order valence-corrected chi connectivity index (χ0v) is 32.0. The van der Waals surface area contributed by atoms with Crippen LogP contribution in [-0.2, 0) is 24.0 Å². The van der Waals surface area contributed by atoms with Crippen LogP contribution in [0.25, 0.3) is 0 Å². The van der Waals surface area contributed by atoms with E-state index in [-0.39, 0.29) is 28.8 Å². The Bertz CT molecular complexity index is 1360. The molecule has 0 bridgehead atoms. The lowest BCUT2D eigenvalue weighted by Gasteiger charge is -2.19. The first-order chi connectivity index (χ1) is 22.6. The van der Waals surface area contributed by atoms with Crippen LogP contribution >= 0.6 is 0 Å². The first-order valence-electron chi connectivity index (χ1n) is 17.3. The second-order valence-electron chi connectivity index (χ2n) is 13.6. The molecule has 48 heavy (non-hydrogen) atoms. The van der Waals surface area contributed by atoms with E-state index in [1.54, 1.807) is 24.7 Å². The van der Waals surface area contributed by atoms with Gasteiger partial charge in [0.15, 0.2) is 0 Å². The standard InChI is InChI=1S/C11H13NO.C10H12N2O.C8H12O.C7H12N2.2C2H6/c1-8(2)12-7-9-5-3-4-6-10(9)11(12)13;1-7(2)12-6-9-8(10(12)13)4-3-5-11-9;1-8(2,3)7-5-4-6-9-7;1-7(2,3)9-6-4-5-8-9;2*1-2/h3-6,8H,7H2,1-2H3;3-5,7H,6H2,1-2H3;2*4-6H,1-3H3;2*1-2H3. The zero-order valence-electron chi connectivity index (χ0n) is 32.0. The van der Waals surface area contributed by atoms with Crippen LogP contribution in [0, 0.1) is 0 Å². The van der Waals surface area contributed by atoms with E-state index in [0.29, 0.717) is 12.6 Å². The second-order valence-corrected chi connectivity index (χ2v) is 13.6. The number of furan rings is 1. The highest BCUT2D eigenvalue weighted by Gasteiger charge is 2.30. The molecule has 4 aromatic rings. The molecule has 3 aromatic heterocycles. The molecule has 2 amide bonds. The molecule has 2 aliphatic heterocycles. The maximum Gasteiger partial charge on any atom is 0.256 e. The molecule has 264 valence electrons. The Balaban J connectivity index is 0.000000313. The molecular weight excluding hydrogens is 598 g/mol. The fraction of sp³-hybridized carbons (Fsp3) is 0.500. The third kappa shape index (κ3) is 12.1. The average molecular weight is 660 g/mol. The lowest BCUT2D eigenvalue weighted by atomic mass is 9.94. The van der Waals surface area contributed by atoms with Crippen molar-refractivity contribution in [3.63, 3.8) is 0 Å². The topological polar surface area (TPSA) is 84.5 Å². The molecule has 8 heteroatoms. The molecule has 1 aromatic carbocycles. The first kappa shape index (κ1) is 41.8. The minimum Gasteiger partial charge on any atom is -0.469 e. The summed E-state index contributed by atoms with van der Waals surface area (Å²) in [4.78, 5) is 31.4. The van der Waals surface area contributed by atoms with Gasteiger partial charge in [-0.1, -0.05) is 66.7 Å². The Kier molecular flexibility index (Phi) is 17.1. The van der Waals surface area contributed by atoms with E-state index in [0.717, 1.165) is 34.7 Å². The van der Waals surface area contributed by atoms with E-state index in [2.05, 4.69) is 51.6 Å². The molecule has 0 unspecified atom stereocenters. The highest BCUT2D eigenvalue weighted by Crippen LogP contribution is 2.24. The van der Waals surface area contributed by atoms with Crippen molar-refractivity contribution in [3.8, 4) is 0 Å². The summed E-state index contributed by atoms with van der Waals surface area (Å²) in [6.07, 6.45) is 7.21. The normalized spacial score (nSPS) is 13.0. The largest absolute Gasteiger partial charge is 0.469 e. The van der Waals surface area contributed by atoms with Gasteiger partial charge in [-0.15, -0.1) is 0 Å². The van der Waals surface area contributed by atoms with Crippen LogP contribution in [0.1, 0.15) is 135 Å². The van der Waals surface area contributed by atoms with Gasteiger partial charge in [-0.05, 0) is 90.4 Å². The fourth-order valence-electron chi connectivity index (χ4n) is 4.63. The summed E-state index contributed by atoms with van der Waals surface area (Å²) in [7, 11) is 0. The van der Waals surface area contributed by atoms with Crippen LogP contribution in [0.4, 0.5) is 0 Å². The van der Waals surface area contributed by atoms with Crippen molar-refractivity contribution < 1.29 is 14.0 Å². The maximum absolute atomic E-state index is 11.8. The second kappa shape index (κ2) is 19.6. The quantitative estimate of drug-likeness (QED) is 0.214. The number of amides is 2. The third-order valence-electron chi connectivity index (χ3n) is 7.25. The number of carbonyl (C=O) groups excluding carboxylic acids is 2. The lowest BCUT2D eigenvalue weighted by molar-refractivity contribution is 0.0722. The molecule has 0 fully saturated rings. The van der Waals surface area contributed by atoms with Gasteiger partial charge in [-0.25, -0.2) is 0 Å². The zero-order chi connectivity index (χ0) is 36.7. The molecule has 6 rings (SSSR count). The SMILES string of the molecule is CC.CC.CC(C)(C)c1ccco1.CC(C)(C)n1cccn1.CC(C)N1Cc2ccccc2C1=O.CC(C)N1Cc2ncccc2C1=O. The number of hydrogen-bond acceptors (Lipinski definition) is 5. The predicted molar refractivity (Wildman–Crippen MR) is 198 cm³/mol. The number of rotatable bonds is 2. The maximum atomic E-state index is 11.8. The number of benzene rings is 1. The van der Waals surface area contributed by atoms with Crippen LogP contribution in [-0.4, -0.2) is 48.5 Å². The van der Waals surface area contributed by atoms with Gasteiger partial charge < -0.3 is 14.2 Å². The van der Waals surface area contributed by atoms with Crippen molar-refractivity contribution in [2.24, 2.45) is 0 Å². The molecule has 0 atom stereocenters. The van der Waals surface area contributed by atoms with Crippen molar-refractivity contribution in [2.75, 3.05) is 0 Å². The minimum atomic E-state index is 0.109. The van der Waals surface area contributed by atoms with E-state index in [9.17, 15) is 9.59 Å². The Morgan fingerprint density at radius 1 is 0.688 bits per heavy atom. The number of aromatic nitrogens is 3. The summed E-state index contributed by atoms with van der Waals surface area (Å²) >= 11 is 0. The number of fused-ring (bicyclic) bond motifs is 2. The average Bonchev–Trinajstić information content (AvgIpc) is 3.88. The van der Waals surface area contributed by atoms with Crippen molar-refractivity contribution >= 4 is 11.8 Å². The third-order valence-corrected chi connectivity index (χ3v) is 7.25. The minimum absolute atomic E-state index is 0.109. The van der Waals surface area contributed by atoms with E-state index in [4.69, 9.17) is 4.42 Å². The van der Waals surface area contributed by atoms with Crippen LogP contribution in [0.3, 0.4) is 0 Å². The van der Waals surface area contributed by atoms with Gasteiger partial charge in [-0.2, -0.15) is 5.10 Å². The number of pyridine rings is 1. The van der Waals surface area contributed by atoms with Gasteiger partial charge >= 0.3 is 0 Å². The summed E-state index contributed by atoms with van der Waals surface area (Å²) in [5, 5.41) is 4.10. The molecule has 5 heterocycles. The predicted octanol–water partition coefficient (Wildman–Crippen LogP) is 9.76. The Hall–Kier alpha value is -4.20. The van der Waals surface area contributed by atoms with Gasteiger partial charge in [0.05, 0.1) is 29.6 Å². The van der Waals surface area contributed by atoms with Crippen LogP contribution in [0.15, 0.2) is 83.9 Å². The smallest absolute Gasteiger partial charge is 0.256 e. The molecule has 0 saturated heterocycles. The van der Waals surface area contributed by atoms with Crippen molar-refractivity contribution in [1.29, 1.82) is 0 Å². The summed E-state index contributed by atoms with van der Waals surface area (Å²) in [5.41, 5.74) is 3.97. The molecule has 0 spiro atoms. The van der Waals surface area contributed by atoms with E-state index in [1.807, 2.05) is 125 Å². The number of carbonyl (C=O) groups is 2. The lowest BCUT2D eigenvalue weighted by Crippen LogP contribution is -2.30. The fourth-order valence-corrected chi connectivity index (χ4v) is 4.63. The summed E-state index contributed by atoms with van der Waals surface area (Å²) < 4.78 is 7.14. The molecule has 2 aliphatic rings. The molecular formula is C40H61N5O3. The number of nitrogens with zero attached hydrogens (tertiary/aromatic N) is 5. The molecule has 0 N–H and O–H groups in total. The van der Waals surface area contributed by atoms with E-state index >= 15 is 0 Å².